The third-order valence-corrected chi connectivity index (χ3v) is 2.73. The maximum atomic E-state index is 11.3. The molecule has 0 aromatic heterocycles. The Morgan fingerprint density at radius 1 is 1.44 bits per heavy atom. The predicted octanol–water partition coefficient (Wildman–Crippen LogP) is 0.185. The number of hydrogen-bond donors (Lipinski definition) is 3. The third-order valence-electron chi connectivity index (χ3n) is 2.73. The van der Waals surface area contributed by atoms with E-state index in [4.69, 9.17) is 9.84 Å². The van der Waals surface area contributed by atoms with Crippen LogP contribution in [0.4, 0.5) is 4.79 Å². The maximum absolute atomic E-state index is 11.3. The highest BCUT2D eigenvalue weighted by molar-refractivity contribution is 5.79. The summed E-state index contributed by atoms with van der Waals surface area (Å²) in [5.74, 6) is -0.641. The van der Waals surface area contributed by atoms with Gasteiger partial charge in [-0.3, -0.25) is 4.79 Å². The molecule has 1 saturated heterocycles. The molecule has 1 aliphatic heterocycles. The summed E-state index contributed by atoms with van der Waals surface area (Å²) >= 11 is 0. The van der Waals surface area contributed by atoms with Crippen molar-refractivity contribution < 1.29 is 19.4 Å². The van der Waals surface area contributed by atoms with E-state index in [2.05, 4.69) is 10.6 Å². The van der Waals surface area contributed by atoms with Crippen LogP contribution in [0.2, 0.25) is 0 Å². The first-order valence-corrected chi connectivity index (χ1v) is 5.43. The second-order valence-electron chi connectivity index (χ2n) is 3.96. The average Bonchev–Trinajstić information content (AvgIpc) is 2.27. The van der Waals surface area contributed by atoms with Gasteiger partial charge in [-0.05, 0) is 25.7 Å². The molecule has 0 bridgehead atoms. The molecule has 6 heteroatoms. The van der Waals surface area contributed by atoms with E-state index in [1.54, 1.807) is 0 Å². The van der Waals surface area contributed by atoms with Gasteiger partial charge in [-0.1, -0.05) is 0 Å². The van der Waals surface area contributed by atoms with Crippen LogP contribution in [0.3, 0.4) is 0 Å². The molecule has 1 aliphatic rings. The monoisotopic (exact) mass is 230 g/mol. The van der Waals surface area contributed by atoms with E-state index in [-0.39, 0.29) is 12.6 Å². The molecule has 92 valence electrons. The van der Waals surface area contributed by atoms with E-state index in [1.165, 1.54) is 0 Å². The van der Waals surface area contributed by atoms with E-state index >= 15 is 0 Å². The Kier molecular flexibility index (Phi) is 5.04. The highest BCUT2D eigenvalue weighted by atomic mass is 16.5. The molecule has 1 unspecified atom stereocenters. The van der Waals surface area contributed by atoms with Gasteiger partial charge in [0.2, 0.25) is 0 Å². The van der Waals surface area contributed by atoms with Crippen LogP contribution in [-0.2, 0) is 9.53 Å². The number of carboxylic acid groups (broad SMARTS) is 1. The van der Waals surface area contributed by atoms with Crippen molar-refractivity contribution >= 4 is 12.0 Å². The van der Waals surface area contributed by atoms with Gasteiger partial charge >= 0.3 is 12.0 Å². The minimum absolute atomic E-state index is 0.0395. The number of nitrogens with one attached hydrogen (secondary N) is 2. The largest absolute Gasteiger partial charge is 0.480 e. The van der Waals surface area contributed by atoms with E-state index < -0.39 is 12.0 Å². The van der Waals surface area contributed by atoms with Crippen LogP contribution in [0, 0.1) is 5.92 Å². The molecule has 0 saturated carbocycles. The lowest BCUT2D eigenvalue weighted by molar-refractivity contribution is -0.135. The lowest BCUT2D eigenvalue weighted by Gasteiger charge is -2.28. The summed E-state index contributed by atoms with van der Waals surface area (Å²) in [6.07, 6.45) is 1.86. The van der Waals surface area contributed by atoms with Crippen LogP contribution in [-0.4, -0.2) is 42.9 Å². The van der Waals surface area contributed by atoms with E-state index in [0.29, 0.717) is 5.92 Å². The maximum Gasteiger partial charge on any atom is 0.323 e. The number of ether oxygens (including phenoxy) is 1. The highest BCUT2D eigenvalue weighted by Gasteiger charge is 2.21. The first kappa shape index (κ1) is 12.8. The summed E-state index contributed by atoms with van der Waals surface area (Å²) in [4.78, 5) is 21.5. The van der Waals surface area contributed by atoms with Gasteiger partial charge < -0.3 is 20.5 Å². The molecule has 6 nitrogen and oxygen atoms in total. The molecule has 1 fully saturated rings. The van der Waals surface area contributed by atoms with Gasteiger partial charge in [0, 0.05) is 19.3 Å². The van der Waals surface area contributed by atoms with E-state index in [1.807, 2.05) is 6.92 Å². The van der Waals surface area contributed by atoms with Crippen LogP contribution in [0.25, 0.3) is 0 Å². The molecule has 0 aromatic carbocycles. The van der Waals surface area contributed by atoms with Crippen LogP contribution in [0.1, 0.15) is 19.8 Å². The molecular weight excluding hydrogens is 212 g/mol. The van der Waals surface area contributed by atoms with Crippen LogP contribution < -0.4 is 10.6 Å². The van der Waals surface area contributed by atoms with E-state index in [9.17, 15) is 9.59 Å². The van der Waals surface area contributed by atoms with Crippen molar-refractivity contribution in [3.05, 3.63) is 0 Å². The molecule has 1 heterocycles. The molecule has 0 radical (unpaired) electrons. The van der Waals surface area contributed by atoms with E-state index in [0.717, 1.165) is 26.1 Å². The van der Waals surface area contributed by atoms with Gasteiger partial charge in [-0.15, -0.1) is 0 Å². The number of aliphatic carboxylic acids is 1. The van der Waals surface area contributed by atoms with Gasteiger partial charge in [0.1, 0.15) is 6.54 Å². The highest BCUT2D eigenvalue weighted by Crippen LogP contribution is 2.18. The molecule has 0 aliphatic carbocycles. The quantitative estimate of drug-likeness (QED) is 0.643. The Morgan fingerprint density at radius 3 is 2.62 bits per heavy atom. The van der Waals surface area contributed by atoms with Crippen LogP contribution in [0.15, 0.2) is 0 Å². The van der Waals surface area contributed by atoms with Crippen molar-refractivity contribution in [3.8, 4) is 0 Å². The summed E-state index contributed by atoms with van der Waals surface area (Å²) in [5.41, 5.74) is 0. The fourth-order valence-corrected chi connectivity index (χ4v) is 1.75. The van der Waals surface area contributed by atoms with Gasteiger partial charge in [0.25, 0.3) is 0 Å². The Bertz CT molecular complexity index is 251. The van der Waals surface area contributed by atoms with Gasteiger partial charge in [0.05, 0.1) is 0 Å². The summed E-state index contributed by atoms with van der Waals surface area (Å²) in [6.45, 7) is 3.03. The third kappa shape index (κ3) is 4.48. The minimum Gasteiger partial charge on any atom is -0.480 e. The molecule has 1 rings (SSSR count). The van der Waals surface area contributed by atoms with Gasteiger partial charge in [-0.25, -0.2) is 4.79 Å². The number of rotatable bonds is 4. The summed E-state index contributed by atoms with van der Waals surface area (Å²) in [7, 11) is 0. The molecule has 3 N–H and O–H groups in total. The Morgan fingerprint density at radius 2 is 2.06 bits per heavy atom. The fraction of sp³-hybridized carbons (Fsp3) is 0.800. The summed E-state index contributed by atoms with van der Waals surface area (Å²) < 4.78 is 5.23. The Balaban J connectivity index is 2.23. The fourth-order valence-electron chi connectivity index (χ4n) is 1.75. The summed E-state index contributed by atoms with van der Waals surface area (Å²) in [6, 6.07) is -0.390. The number of carbonyl (C=O) groups excluding carboxylic acids is 1. The molecule has 0 aromatic rings. The zero-order chi connectivity index (χ0) is 12.0. The molecule has 0 spiro atoms. The topological polar surface area (TPSA) is 87.7 Å². The lowest BCUT2D eigenvalue weighted by Crippen LogP contribution is -2.46. The first-order valence-electron chi connectivity index (χ1n) is 5.43. The van der Waals surface area contributed by atoms with Crippen molar-refractivity contribution in [3.63, 3.8) is 0 Å². The van der Waals surface area contributed by atoms with Gasteiger partial charge in [0.15, 0.2) is 0 Å². The smallest absolute Gasteiger partial charge is 0.323 e. The number of carbonyl (C=O) groups is 2. The normalized spacial score (nSPS) is 18.8. The second-order valence-corrected chi connectivity index (χ2v) is 3.96. The van der Waals surface area contributed by atoms with Crippen molar-refractivity contribution in [1.82, 2.24) is 10.6 Å². The van der Waals surface area contributed by atoms with Crippen LogP contribution >= 0.6 is 0 Å². The SMILES string of the molecule is CC(NC(=O)NCC(=O)O)C1CCOCC1. The molecular formula is C10H18N2O4. The van der Waals surface area contributed by atoms with Crippen molar-refractivity contribution in [2.24, 2.45) is 5.92 Å². The molecule has 2 amide bonds. The van der Waals surface area contributed by atoms with Crippen LogP contribution in [0.5, 0.6) is 0 Å². The van der Waals surface area contributed by atoms with Crippen molar-refractivity contribution in [2.45, 2.75) is 25.8 Å². The average molecular weight is 230 g/mol. The Labute approximate surface area is 94.3 Å². The Hall–Kier alpha value is -1.30. The first-order chi connectivity index (χ1) is 7.59. The van der Waals surface area contributed by atoms with Gasteiger partial charge in [-0.2, -0.15) is 0 Å². The second kappa shape index (κ2) is 6.32. The number of urea groups is 1. The standard InChI is InChI=1S/C10H18N2O4/c1-7(8-2-4-16-5-3-8)12-10(15)11-6-9(13)14/h7-8H,2-6H2,1H3,(H,13,14)(H2,11,12,15). The summed E-state index contributed by atoms with van der Waals surface area (Å²) in [5, 5.41) is 13.4. The molecule has 16 heavy (non-hydrogen) atoms. The molecule has 1 atom stereocenters. The number of carboxylic acids is 1. The zero-order valence-electron chi connectivity index (χ0n) is 9.36. The lowest BCUT2D eigenvalue weighted by atomic mass is 9.93. The number of amides is 2. The predicted molar refractivity (Wildman–Crippen MR) is 57.2 cm³/mol. The number of hydrogen-bond acceptors (Lipinski definition) is 3. The van der Waals surface area contributed by atoms with Crippen molar-refractivity contribution in [1.29, 1.82) is 0 Å². The minimum atomic E-state index is -1.05. The van der Waals surface area contributed by atoms with Crippen molar-refractivity contribution in [2.75, 3.05) is 19.8 Å². The zero-order valence-corrected chi connectivity index (χ0v) is 9.36.